The van der Waals surface area contributed by atoms with E-state index in [1.54, 1.807) is 16.0 Å². The third-order valence-electron chi connectivity index (χ3n) is 10.8. The highest BCUT2D eigenvalue weighted by atomic mass is 35.5. The van der Waals surface area contributed by atoms with Gasteiger partial charge in [0, 0.05) is 72.7 Å². The minimum Gasteiger partial charge on any atom is -0.493 e. The van der Waals surface area contributed by atoms with Gasteiger partial charge in [-0.15, -0.1) is 0 Å². The molecule has 11 nitrogen and oxygen atoms in total. The highest BCUT2D eigenvalue weighted by Crippen LogP contribution is 2.54. The molecular weight excluding hydrogens is 735 g/mol. The van der Waals surface area contributed by atoms with E-state index in [1.807, 2.05) is 85.2 Å². The summed E-state index contributed by atoms with van der Waals surface area (Å²) in [5, 5.41) is 1.16. The second-order valence-electron chi connectivity index (χ2n) is 15.3. The Kier molecular flexibility index (Phi) is 10.9. The lowest BCUT2D eigenvalue weighted by atomic mass is 9.71. The summed E-state index contributed by atoms with van der Waals surface area (Å²) in [6.07, 6.45) is 1.76. The zero-order valence-corrected chi connectivity index (χ0v) is 33.6. The molecule has 0 N–H and O–H groups in total. The molecule has 0 radical (unpaired) electrons. The average molecular weight is 784 g/mol. The number of rotatable bonds is 7. The first-order chi connectivity index (χ1) is 25.0. The zero-order valence-electron chi connectivity index (χ0n) is 31.2. The number of halogens is 2. The van der Waals surface area contributed by atoms with Gasteiger partial charge in [-0.1, -0.05) is 68.2 Å². The number of urea groups is 1. The van der Waals surface area contributed by atoms with Gasteiger partial charge in [-0.3, -0.25) is 24.6 Å². The Bertz CT molecular complexity index is 1980. The van der Waals surface area contributed by atoms with E-state index in [4.69, 9.17) is 37.9 Å². The molecule has 0 saturated carbocycles. The molecule has 4 heterocycles. The predicted molar refractivity (Wildman–Crippen MR) is 209 cm³/mol. The normalized spacial score (nSPS) is 23.5. The summed E-state index contributed by atoms with van der Waals surface area (Å²) >= 11 is 12.8. The molecule has 2 saturated heterocycles. The Hall–Kier alpha value is -3.71. The number of nitrogens with zero attached hydrogens (tertiary/aromatic N) is 6. The number of carbonyl (C=O) groups is 2. The van der Waals surface area contributed by atoms with Crippen LogP contribution in [-0.4, -0.2) is 115 Å². The third kappa shape index (κ3) is 7.65. The lowest BCUT2D eigenvalue weighted by molar-refractivity contribution is -0.132. The van der Waals surface area contributed by atoms with Gasteiger partial charge in [0.25, 0.3) is 0 Å². The van der Waals surface area contributed by atoms with Crippen molar-refractivity contribution in [3.05, 3.63) is 93.2 Å². The van der Waals surface area contributed by atoms with Gasteiger partial charge >= 0.3 is 6.03 Å². The molecule has 284 valence electrons. The predicted octanol–water partition coefficient (Wildman–Crippen LogP) is 5.97. The topological polar surface area (TPSA) is 116 Å². The van der Waals surface area contributed by atoms with Gasteiger partial charge in [0.2, 0.25) is 5.91 Å². The van der Waals surface area contributed by atoms with Crippen LogP contribution in [0.15, 0.2) is 65.8 Å². The van der Waals surface area contributed by atoms with Crippen LogP contribution in [-0.2, 0) is 31.1 Å². The maximum atomic E-state index is 15.3. The van der Waals surface area contributed by atoms with E-state index in [0.29, 0.717) is 60.0 Å². The minimum atomic E-state index is -3.10. The van der Waals surface area contributed by atoms with E-state index < -0.39 is 20.9 Å². The summed E-state index contributed by atoms with van der Waals surface area (Å²) in [5.74, 6) is 0.885. The fourth-order valence-corrected chi connectivity index (χ4v) is 8.80. The number of sulfone groups is 1. The number of benzene rings is 2. The van der Waals surface area contributed by atoms with Crippen LogP contribution < -0.4 is 4.74 Å². The molecule has 3 aromatic rings. The number of piperazine rings is 1. The quantitative estimate of drug-likeness (QED) is 0.290. The first kappa shape index (κ1) is 39.0. The summed E-state index contributed by atoms with van der Waals surface area (Å²) in [7, 11) is -3.10. The molecule has 0 bridgehead atoms. The van der Waals surface area contributed by atoms with Gasteiger partial charge in [-0.05, 0) is 56.2 Å². The van der Waals surface area contributed by atoms with Gasteiger partial charge in [0.05, 0.1) is 30.2 Å². The molecule has 0 unspecified atom stereocenters. The van der Waals surface area contributed by atoms with Crippen LogP contribution in [0.25, 0.3) is 0 Å². The Morgan fingerprint density at radius 2 is 1.42 bits per heavy atom. The zero-order chi connectivity index (χ0) is 38.3. The van der Waals surface area contributed by atoms with Gasteiger partial charge in [-0.25, -0.2) is 13.2 Å². The van der Waals surface area contributed by atoms with Gasteiger partial charge in [-0.2, -0.15) is 0 Å². The largest absolute Gasteiger partial charge is 0.493 e. The van der Waals surface area contributed by atoms with Gasteiger partial charge < -0.3 is 14.5 Å². The molecule has 0 aliphatic carbocycles. The summed E-state index contributed by atoms with van der Waals surface area (Å²) < 4.78 is 30.1. The number of ether oxygens (including phenoxy) is 1. The molecule has 2 fully saturated rings. The number of carbonyl (C=O) groups excluding carboxylic acids is 2. The lowest BCUT2D eigenvalue weighted by Crippen LogP contribution is -2.61. The van der Waals surface area contributed by atoms with Gasteiger partial charge in [0.15, 0.2) is 9.84 Å². The van der Waals surface area contributed by atoms with Crippen LogP contribution in [0.3, 0.4) is 0 Å². The molecule has 53 heavy (non-hydrogen) atoms. The smallest absolute Gasteiger partial charge is 0.326 e. The molecule has 3 aliphatic heterocycles. The molecule has 2 aromatic carbocycles. The van der Waals surface area contributed by atoms with Crippen molar-refractivity contribution in [2.45, 2.75) is 58.0 Å². The number of amides is 3. The van der Waals surface area contributed by atoms with Crippen molar-refractivity contribution in [2.24, 2.45) is 4.99 Å². The standard InChI is InChI=1S/C39H48Cl2N6O5S/c1-7-52-32-24-33(37(2,3)4)42-25-31(32)35-43-38(5,27-8-12-29(40)13-9-27)39(6,28-10-14-30(41)15-11-28)47(35)36(49)46-18-16-44(17-19-46)26-34(48)45-20-22-53(50,51)23-21-45/h8-15,24-25H,7,16-23,26H2,1-6H3/t38-,39+/m0/s1. The molecule has 14 heteroatoms. The maximum Gasteiger partial charge on any atom is 0.326 e. The first-order valence-electron chi connectivity index (χ1n) is 18.0. The summed E-state index contributed by atoms with van der Waals surface area (Å²) in [4.78, 5) is 46.0. The second kappa shape index (κ2) is 14.8. The van der Waals surface area contributed by atoms with Crippen LogP contribution >= 0.6 is 23.2 Å². The lowest BCUT2D eigenvalue weighted by Gasteiger charge is -2.47. The number of aliphatic imine (C=N–C) groups is 1. The Morgan fingerprint density at radius 1 is 0.849 bits per heavy atom. The number of amidine groups is 1. The summed E-state index contributed by atoms with van der Waals surface area (Å²) in [6, 6.07) is 16.8. The SMILES string of the molecule is CCOc1cc(C(C)(C)C)ncc1C1=N[C@@](C)(c2ccc(Cl)cc2)[C@@](C)(c2ccc(Cl)cc2)N1C(=O)N1CCN(CC(=O)N2CCS(=O)(=O)CC2)CC1. The third-order valence-corrected chi connectivity index (χ3v) is 12.9. The van der Waals surface area contributed by atoms with Gasteiger partial charge in [0.1, 0.15) is 22.7 Å². The van der Waals surface area contributed by atoms with Crippen molar-refractivity contribution >= 4 is 50.8 Å². The average Bonchev–Trinajstić information content (AvgIpc) is 3.36. The van der Waals surface area contributed by atoms with Crippen molar-refractivity contribution in [2.75, 3.05) is 63.9 Å². The number of pyridine rings is 1. The molecule has 6 rings (SSSR count). The van der Waals surface area contributed by atoms with E-state index >= 15 is 4.79 Å². The van der Waals surface area contributed by atoms with Crippen molar-refractivity contribution in [1.29, 1.82) is 0 Å². The Balaban J connectivity index is 1.40. The van der Waals surface area contributed by atoms with Crippen LogP contribution in [0.2, 0.25) is 10.0 Å². The molecule has 3 aliphatic rings. The molecule has 3 amide bonds. The Morgan fingerprint density at radius 3 is 1.96 bits per heavy atom. The molecular formula is C39H48Cl2N6O5S. The number of hydrogen-bond acceptors (Lipinski definition) is 8. The monoisotopic (exact) mass is 782 g/mol. The van der Waals surface area contributed by atoms with E-state index in [1.165, 1.54) is 0 Å². The van der Waals surface area contributed by atoms with E-state index in [2.05, 4.69) is 20.8 Å². The van der Waals surface area contributed by atoms with E-state index in [0.717, 1.165) is 16.8 Å². The van der Waals surface area contributed by atoms with Crippen LogP contribution in [0, 0.1) is 0 Å². The minimum absolute atomic E-state index is 0.0124. The second-order valence-corrected chi connectivity index (χ2v) is 18.4. The van der Waals surface area contributed by atoms with Crippen LogP contribution in [0.5, 0.6) is 5.75 Å². The maximum absolute atomic E-state index is 15.3. The molecule has 0 spiro atoms. The number of hydrogen-bond donors (Lipinski definition) is 0. The van der Waals surface area contributed by atoms with E-state index in [9.17, 15) is 13.2 Å². The fraction of sp³-hybridized carbons (Fsp3) is 0.487. The van der Waals surface area contributed by atoms with Crippen LogP contribution in [0.4, 0.5) is 4.79 Å². The molecule has 2 atom stereocenters. The van der Waals surface area contributed by atoms with Crippen molar-refractivity contribution in [3.63, 3.8) is 0 Å². The molecule has 1 aromatic heterocycles. The first-order valence-corrected chi connectivity index (χ1v) is 20.6. The van der Waals surface area contributed by atoms with Crippen molar-refractivity contribution in [3.8, 4) is 5.75 Å². The van der Waals surface area contributed by atoms with Crippen molar-refractivity contribution < 1.29 is 22.7 Å². The number of aromatic nitrogens is 1. The fourth-order valence-electron chi connectivity index (χ4n) is 7.35. The van der Waals surface area contributed by atoms with E-state index in [-0.39, 0.29) is 48.5 Å². The summed E-state index contributed by atoms with van der Waals surface area (Å²) in [5.41, 5.74) is 0.789. The summed E-state index contributed by atoms with van der Waals surface area (Å²) in [6.45, 7) is 14.9. The van der Waals surface area contributed by atoms with Crippen LogP contribution in [0.1, 0.15) is 63.9 Å². The Labute approximate surface area is 322 Å². The van der Waals surface area contributed by atoms with Crippen molar-refractivity contribution in [1.82, 2.24) is 24.6 Å². The highest BCUT2D eigenvalue weighted by molar-refractivity contribution is 7.91. The highest BCUT2D eigenvalue weighted by Gasteiger charge is 2.60.